The van der Waals surface area contributed by atoms with E-state index >= 15 is 0 Å². The lowest BCUT2D eigenvalue weighted by atomic mass is 10.0. The third-order valence-corrected chi connectivity index (χ3v) is 3.76. The van der Waals surface area contributed by atoms with E-state index in [4.69, 9.17) is 0 Å². The lowest BCUT2D eigenvalue weighted by Gasteiger charge is -2.12. The van der Waals surface area contributed by atoms with Gasteiger partial charge in [-0.3, -0.25) is 4.79 Å². The molecule has 1 amide bonds. The molecular formula is C12H22N2O. The Kier molecular flexibility index (Phi) is 3.62. The molecule has 0 spiro atoms. The van der Waals surface area contributed by atoms with Crippen molar-refractivity contribution >= 4 is 5.91 Å². The maximum absolute atomic E-state index is 11.7. The molecule has 0 bridgehead atoms. The van der Waals surface area contributed by atoms with E-state index in [9.17, 15) is 4.79 Å². The van der Waals surface area contributed by atoms with Crippen LogP contribution >= 0.6 is 0 Å². The number of hydrogen-bond donors (Lipinski definition) is 2. The van der Waals surface area contributed by atoms with Crippen LogP contribution in [0.15, 0.2) is 0 Å². The van der Waals surface area contributed by atoms with Gasteiger partial charge in [-0.25, -0.2) is 0 Å². The van der Waals surface area contributed by atoms with Gasteiger partial charge < -0.3 is 10.6 Å². The van der Waals surface area contributed by atoms with Crippen LogP contribution < -0.4 is 10.6 Å². The van der Waals surface area contributed by atoms with Gasteiger partial charge in [0, 0.05) is 12.5 Å². The summed E-state index contributed by atoms with van der Waals surface area (Å²) in [6, 6.07) is 0. The van der Waals surface area contributed by atoms with Crippen molar-refractivity contribution in [3.63, 3.8) is 0 Å². The zero-order valence-corrected chi connectivity index (χ0v) is 9.59. The Bertz CT molecular complexity index is 220. The summed E-state index contributed by atoms with van der Waals surface area (Å²) in [4.78, 5) is 11.7. The zero-order chi connectivity index (χ0) is 10.7. The van der Waals surface area contributed by atoms with Crippen molar-refractivity contribution in [2.75, 3.05) is 19.6 Å². The van der Waals surface area contributed by atoms with Gasteiger partial charge in [-0.1, -0.05) is 6.92 Å². The van der Waals surface area contributed by atoms with Crippen LogP contribution in [-0.2, 0) is 4.79 Å². The third-order valence-electron chi connectivity index (χ3n) is 3.76. The highest BCUT2D eigenvalue weighted by atomic mass is 16.1. The fraction of sp³-hybridized carbons (Fsp3) is 0.917. The summed E-state index contributed by atoms with van der Waals surface area (Å²) < 4.78 is 0. The molecule has 1 heterocycles. The average molecular weight is 210 g/mol. The van der Waals surface area contributed by atoms with Gasteiger partial charge in [0.05, 0.1) is 0 Å². The first-order chi connectivity index (χ1) is 7.27. The molecule has 0 aromatic heterocycles. The van der Waals surface area contributed by atoms with Crippen molar-refractivity contribution in [1.82, 2.24) is 10.6 Å². The van der Waals surface area contributed by atoms with Crippen molar-refractivity contribution < 1.29 is 4.79 Å². The molecule has 0 radical (unpaired) electrons. The Labute approximate surface area is 92.0 Å². The van der Waals surface area contributed by atoms with Gasteiger partial charge >= 0.3 is 0 Å². The molecule has 1 saturated carbocycles. The van der Waals surface area contributed by atoms with Crippen molar-refractivity contribution in [1.29, 1.82) is 0 Å². The van der Waals surface area contributed by atoms with E-state index < -0.39 is 0 Å². The topological polar surface area (TPSA) is 41.1 Å². The van der Waals surface area contributed by atoms with Crippen molar-refractivity contribution in [2.45, 2.75) is 32.6 Å². The first-order valence-corrected chi connectivity index (χ1v) is 6.26. The quantitative estimate of drug-likeness (QED) is 0.714. The number of nitrogens with one attached hydrogen (secondary N) is 2. The largest absolute Gasteiger partial charge is 0.356 e. The molecule has 1 saturated heterocycles. The van der Waals surface area contributed by atoms with E-state index in [0.29, 0.717) is 5.92 Å². The minimum absolute atomic E-state index is 0.242. The number of carbonyl (C=O) groups is 1. The second-order valence-electron chi connectivity index (χ2n) is 5.06. The molecule has 0 aromatic carbocycles. The first kappa shape index (κ1) is 10.9. The zero-order valence-electron chi connectivity index (χ0n) is 9.59. The molecule has 86 valence electrons. The monoisotopic (exact) mass is 210 g/mol. The summed E-state index contributed by atoms with van der Waals surface area (Å²) in [5.74, 6) is 1.97. The number of amides is 1. The normalized spacial score (nSPS) is 27.7. The highest BCUT2D eigenvalue weighted by molar-refractivity contribution is 5.78. The predicted octanol–water partition coefficient (Wildman–Crippen LogP) is 1.15. The smallest absolute Gasteiger partial charge is 0.223 e. The van der Waals surface area contributed by atoms with Gasteiger partial charge in [0.15, 0.2) is 0 Å². The third kappa shape index (κ3) is 3.20. The maximum atomic E-state index is 11.7. The predicted molar refractivity (Wildman–Crippen MR) is 60.5 cm³/mol. The number of rotatable bonds is 5. The molecule has 3 heteroatoms. The van der Waals surface area contributed by atoms with Crippen LogP contribution in [0.25, 0.3) is 0 Å². The van der Waals surface area contributed by atoms with Crippen LogP contribution in [0.2, 0.25) is 0 Å². The Hall–Kier alpha value is -0.570. The van der Waals surface area contributed by atoms with Crippen LogP contribution in [0.5, 0.6) is 0 Å². The first-order valence-electron chi connectivity index (χ1n) is 6.26. The lowest BCUT2D eigenvalue weighted by molar-refractivity contribution is -0.125. The van der Waals surface area contributed by atoms with Gasteiger partial charge in [-0.05, 0) is 50.6 Å². The van der Waals surface area contributed by atoms with E-state index in [1.165, 1.54) is 19.3 Å². The Morgan fingerprint density at radius 3 is 2.87 bits per heavy atom. The second-order valence-corrected chi connectivity index (χ2v) is 5.06. The van der Waals surface area contributed by atoms with Gasteiger partial charge in [0.2, 0.25) is 5.91 Å². The van der Waals surface area contributed by atoms with Crippen LogP contribution in [0.4, 0.5) is 0 Å². The van der Waals surface area contributed by atoms with Crippen LogP contribution in [-0.4, -0.2) is 25.5 Å². The van der Waals surface area contributed by atoms with Crippen LogP contribution in [0.3, 0.4) is 0 Å². The SMILES string of the molecule is CC(C(=O)NCCC1CCNC1)C1CC1. The van der Waals surface area contributed by atoms with E-state index in [0.717, 1.165) is 32.0 Å². The minimum atomic E-state index is 0.242. The fourth-order valence-electron chi connectivity index (χ4n) is 2.33. The van der Waals surface area contributed by atoms with E-state index in [2.05, 4.69) is 17.6 Å². The van der Waals surface area contributed by atoms with Gasteiger partial charge in [0.25, 0.3) is 0 Å². The Morgan fingerprint density at radius 2 is 2.27 bits per heavy atom. The summed E-state index contributed by atoms with van der Waals surface area (Å²) in [7, 11) is 0. The number of carbonyl (C=O) groups excluding carboxylic acids is 1. The standard InChI is InChI=1S/C12H22N2O/c1-9(11-2-3-11)12(15)14-7-5-10-4-6-13-8-10/h9-11,13H,2-8H2,1H3,(H,14,15). The van der Waals surface area contributed by atoms with Crippen molar-refractivity contribution in [3.05, 3.63) is 0 Å². The molecule has 0 aromatic rings. The lowest BCUT2D eigenvalue weighted by Crippen LogP contribution is -2.32. The molecule has 1 aliphatic carbocycles. The van der Waals surface area contributed by atoms with Crippen LogP contribution in [0, 0.1) is 17.8 Å². The molecule has 3 nitrogen and oxygen atoms in total. The molecule has 2 unspecified atom stereocenters. The molecule has 2 aliphatic rings. The molecule has 2 rings (SSSR count). The van der Waals surface area contributed by atoms with Crippen molar-refractivity contribution in [2.24, 2.45) is 17.8 Å². The average Bonchev–Trinajstić information content (AvgIpc) is 2.96. The summed E-state index contributed by atoms with van der Waals surface area (Å²) >= 11 is 0. The maximum Gasteiger partial charge on any atom is 0.223 e. The van der Waals surface area contributed by atoms with Crippen molar-refractivity contribution in [3.8, 4) is 0 Å². The number of hydrogen-bond acceptors (Lipinski definition) is 2. The summed E-state index contributed by atoms with van der Waals surface area (Å²) in [6.45, 7) is 5.21. The summed E-state index contributed by atoms with van der Waals surface area (Å²) in [5, 5.41) is 6.41. The minimum Gasteiger partial charge on any atom is -0.356 e. The summed E-state index contributed by atoms with van der Waals surface area (Å²) in [6.07, 6.45) is 4.91. The highest BCUT2D eigenvalue weighted by Gasteiger charge is 2.32. The van der Waals surface area contributed by atoms with E-state index in [-0.39, 0.29) is 11.8 Å². The molecule has 2 N–H and O–H groups in total. The van der Waals surface area contributed by atoms with E-state index in [1.54, 1.807) is 0 Å². The van der Waals surface area contributed by atoms with Gasteiger partial charge in [0.1, 0.15) is 0 Å². The summed E-state index contributed by atoms with van der Waals surface area (Å²) in [5.41, 5.74) is 0. The van der Waals surface area contributed by atoms with Gasteiger partial charge in [-0.2, -0.15) is 0 Å². The molecular weight excluding hydrogens is 188 g/mol. The van der Waals surface area contributed by atoms with Gasteiger partial charge in [-0.15, -0.1) is 0 Å². The molecule has 2 atom stereocenters. The Balaban J connectivity index is 1.58. The molecule has 15 heavy (non-hydrogen) atoms. The fourth-order valence-corrected chi connectivity index (χ4v) is 2.33. The Morgan fingerprint density at radius 1 is 1.47 bits per heavy atom. The molecule has 1 aliphatic heterocycles. The highest BCUT2D eigenvalue weighted by Crippen LogP contribution is 2.36. The molecule has 2 fully saturated rings. The second kappa shape index (κ2) is 4.97. The van der Waals surface area contributed by atoms with Crippen LogP contribution in [0.1, 0.15) is 32.6 Å². The van der Waals surface area contributed by atoms with E-state index in [1.807, 2.05) is 0 Å².